The zero-order valence-electron chi connectivity index (χ0n) is 13.8. The van der Waals surface area contributed by atoms with Crippen LogP contribution in [0, 0.1) is 17.4 Å². The molecule has 1 aliphatic carbocycles. The molecule has 0 N–H and O–H groups in total. The lowest BCUT2D eigenvalue weighted by Crippen LogP contribution is -2.50. The zero-order chi connectivity index (χ0) is 16.3. The smallest absolute Gasteiger partial charge is 0.225 e. The maximum absolute atomic E-state index is 12.0. The SMILES string of the molecule is CC(=O)N1CCC[C@H]1N(C#N)C1CCC(C(=O)N(C)C)CC1. The van der Waals surface area contributed by atoms with Gasteiger partial charge in [-0.25, -0.2) is 0 Å². The molecule has 0 bridgehead atoms. The minimum Gasteiger partial charge on any atom is -0.349 e. The fraction of sp³-hybridized carbons (Fsp3) is 0.812. The minimum absolute atomic E-state index is 0.0409. The summed E-state index contributed by atoms with van der Waals surface area (Å²) in [5.74, 6) is 0.312. The number of carbonyl (C=O) groups is 2. The fourth-order valence-corrected chi connectivity index (χ4v) is 3.76. The Kier molecular flexibility index (Phi) is 5.28. The number of nitrogens with zero attached hydrogens (tertiary/aromatic N) is 4. The molecule has 1 aliphatic heterocycles. The second kappa shape index (κ2) is 6.99. The minimum atomic E-state index is -0.0893. The number of likely N-dealkylation sites (tertiary alicyclic amines) is 1. The van der Waals surface area contributed by atoms with Crippen LogP contribution in [0.3, 0.4) is 0 Å². The lowest BCUT2D eigenvalue weighted by atomic mass is 9.84. The number of carbonyl (C=O) groups excluding carboxylic acids is 2. The molecule has 1 saturated carbocycles. The Hall–Kier alpha value is -1.77. The van der Waals surface area contributed by atoms with Crippen LogP contribution in [0.15, 0.2) is 0 Å². The van der Waals surface area contributed by atoms with Crippen molar-refractivity contribution in [1.82, 2.24) is 14.7 Å². The first kappa shape index (κ1) is 16.6. The number of rotatable bonds is 3. The Bertz CT molecular complexity index is 463. The second-order valence-electron chi connectivity index (χ2n) is 6.58. The van der Waals surface area contributed by atoms with Gasteiger partial charge in [0.05, 0.1) is 0 Å². The van der Waals surface area contributed by atoms with E-state index in [0.717, 1.165) is 45.1 Å². The summed E-state index contributed by atoms with van der Waals surface area (Å²) >= 11 is 0. The van der Waals surface area contributed by atoms with Crippen LogP contribution in [0.1, 0.15) is 45.4 Å². The first-order valence-corrected chi connectivity index (χ1v) is 8.12. The van der Waals surface area contributed by atoms with Gasteiger partial charge in [-0.05, 0) is 38.5 Å². The van der Waals surface area contributed by atoms with Crippen molar-refractivity contribution in [2.24, 2.45) is 5.92 Å². The van der Waals surface area contributed by atoms with E-state index in [9.17, 15) is 14.9 Å². The van der Waals surface area contributed by atoms with E-state index in [1.807, 2.05) is 4.90 Å². The molecular formula is C16H26N4O2. The Morgan fingerprint density at radius 1 is 1.14 bits per heavy atom. The van der Waals surface area contributed by atoms with Crippen LogP contribution < -0.4 is 0 Å². The molecule has 0 aromatic heterocycles. The molecule has 2 amide bonds. The van der Waals surface area contributed by atoms with E-state index in [-0.39, 0.29) is 29.9 Å². The van der Waals surface area contributed by atoms with Crippen LogP contribution in [0.25, 0.3) is 0 Å². The molecule has 2 fully saturated rings. The second-order valence-corrected chi connectivity index (χ2v) is 6.58. The molecule has 1 atom stereocenters. The summed E-state index contributed by atoms with van der Waals surface area (Å²) in [4.78, 5) is 29.0. The number of hydrogen-bond acceptors (Lipinski definition) is 4. The molecule has 1 heterocycles. The zero-order valence-corrected chi connectivity index (χ0v) is 13.8. The highest BCUT2D eigenvalue weighted by molar-refractivity contribution is 5.78. The van der Waals surface area contributed by atoms with Crippen LogP contribution in [-0.4, -0.2) is 59.4 Å². The summed E-state index contributed by atoms with van der Waals surface area (Å²) < 4.78 is 0. The van der Waals surface area contributed by atoms with Gasteiger partial charge in [0.15, 0.2) is 6.19 Å². The van der Waals surface area contributed by atoms with Gasteiger partial charge in [-0.3, -0.25) is 14.5 Å². The Labute approximate surface area is 132 Å². The molecule has 6 heteroatoms. The van der Waals surface area contributed by atoms with Crippen LogP contribution in [0.4, 0.5) is 0 Å². The van der Waals surface area contributed by atoms with Gasteiger partial charge in [0.25, 0.3) is 0 Å². The highest BCUT2D eigenvalue weighted by atomic mass is 16.2. The monoisotopic (exact) mass is 306 g/mol. The van der Waals surface area contributed by atoms with Crippen LogP contribution in [0.2, 0.25) is 0 Å². The summed E-state index contributed by atoms with van der Waals surface area (Å²) in [6, 6.07) is 0.154. The molecule has 0 spiro atoms. The molecule has 6 nitrogen and oxygen atoms in total. The predicted octanol–water partition coefficient (Wildman–Crippen LogP) is 1.38. The van der Waals surface area contributed by atoms with Crippen molar-refractivity contribution in [2.75, 3.05) is 20.6 Å². The van der Waals surface area contributed by atoms with Gasteiger partial charge < -0.3 is 9.80 Å². The molecule has 0 aromatic carbocycles. The van der Waals surface area contributed by atoms with E-state index in [0.29, 0.717) is 0 Å². The predicted molar refractivity (Wildman–Crippen MR) is 82.3 cm³/mol. The maximum atomic E-state index is 12.0. The number of hydrogen-bond donors (Lipinski definition) is 0. The Morgan fingerprint density at radius 3 is 2.27 bits per heavy atom. The van der Waals surface area contributed by atoms with E-state index in [4.69, 9.17) is 0 Å². The summed E-state index contributed by atoms with van der Waals surface area (Å²) in [5, 5.41) is 9.56. The summed E-state index contributed by atoms with van der Waals surface area (Å²) in [6.07, 6.45) is 7.39. The van der Waals surface area contributed by atoms with Gasteiger partial charge in [-0.2, -0.15) is 5.26 Å². The third-order valence-electron chi connectivity index (χ3n) is 4.94. The van der Waals surface area contributed by atoms with E-state index in [2.05, 4.69) is 6.19 Å². The molecule has 0 unspecified atom stereocenters. The van der Waals surface area contributed by atoms with Crippen LogP contribution in [0.5, 0.6) is 0 Å². The topological polar surface area (TPSA) is 67.6 Å². The van der Waals surface area contributed by atoms with Crippen molar-refractivity contribution >= 4 is 11.8 Å². The van der Waals surface area contributed by atoms with E-state index in [1.54, 1.807) is 30.8 Å². The number of amides is 2. The Morgan fingerprint density at radius 2 is 1.77 bits per heavy atom. The molecule has 122 valence electrons. The van der Waals surface area contributed by atoms with Gasteiger partial charge >= 0.3 is 0 Å². The fourth-order valence-electron chi connectivity index (χ4n) is 3.76. The van der Waals surface area contributed by atoms with E-state index in [1.165, 1.54) is 0 Å². The quantitative estimate of drug-likeness (QED) is 0.583. The third-order valence-corrected chi connectivity index (χ3v) is 4.94. The molecule has 2 rings (SSSR count). The van der Waals surface area contributed by atoms with Gasteiger partial charge in [-0.15, -0.1) is 0 Å². The highest BCUT2D eigenvalue weighted by Crippen LogP contribution is 2.32. The van der Waals surface area contributed by atoms with Crippen molar-refractivity contribution in [2.45, 2.75) is 57.7 Å². The first-order valence-electron chi connectivity index (χ1n) is 8.12. The van der Waals surface area contributed by atoms with Gasteiger partial charge in [0, 0.05) is 39.5 Å². The van der Waals surface area contributed by atoms with E-state index >= 15 is 0 Å². The number of nitriles is 1. The standard InChI is InChI=1S/C16H26N4O2/c1-12(21)19-10-4-5-15(19)20(11-17)14-8-6-13(7-9-14)16(22)18(2)3/h13-15H,4-10H2,1-3H3/t13?,14?,15-/m1/s1. The molecule has 0 radical (unpaired) electrons. The molecule has 0 aromatic rings. The summed E-state index contributed by atoms with van der Waals surface area (Å²) in [5.41, 5.74) is 0. The van der Waals surface area contributed by atoms with Crippen LogP contribution >= 0.6 is 0 Å². The van der Waals surface area contributed by atoms with Crippen molar-refractivity contribution < 1.29 is 9.59 Å². The van der Waals surface area contributed by atoms with Crippen molar-refractivity contribution in [3.63, 3.8) is 0 Å². The summed E-state index contributed by atoms with van der Waals surface area (Å²) in [6.45, 7) is 2.31. The average Bonchev–Trinajstić information content (AvgIpc) is 2.97. The lowest BCUT2D eigenvalue weighted by molar-refractivity contribution is -0.134. The maximum Gasteiger partial charge on any atom is 0.225 e. The molecule has 22 heavy (non-hydrogen) atoms. The molecular weight excluding hydrogens is 280 g/mol. The van der Waals surface area contributed by atoms with Crippen LogP contribution in [-0.2, 0) is 9.59 Å². The largest absolute Gasteiger partial charge is 0.349 e. The average molecular weight is 306 g/mol. The van der Waals surface area contributed by atoms with E-state index < -0.39 is 0 Å². The normalized spacial score (nSPS) is 28.1. The van der Waals surface area contributed by atoms with Crippen molar-refractivity contribution in [3.8, 4) is 6.19 Å². The molecule has 2 aliphatic rings. The Balaban J connectivity index is 1.98. The van der Waals surface area contributed by atoms with Crippen molar-refractivity contribution in [3.05, 3.63) is 0 Å². The van der Waals surface area contributed by atoms with Gasteiger partial charge in [-0.1, -0.05) is 0 Å². The lowest BCUT2D eigenvalue weighted by Gasteiger charge is -2.39. The van der Waals surface area contributed by atoms with Crippen molar-refractivity contribution in [1.29, 1.82) is 5.26 Å². The molecule has 1 saturated heterocycles. The van der Waals surface area contributed by atoms with Gasteiger partial charge in [0.1, 0.15) is 6.17 Å². The third kappa shape index (κ3) is 3.34. The summed E-state index contributed by atoms with van der Waals surface area (Å²) in [7, 11) is 3.58. The first-order chi connectivity index (χ1) is 10.5. The van der Waals surface area contributed by atoms with Gasteiger partial charge in [0.2, 0.25) is 11.8 Å². The highest BCUT2D eigenvalue weighted by Gasteiger charge is 2.37.